The molecule has 1 aliphatic heterocycles. The number of aliphatic carboxylic acids is 1. The number of aliphatic hydroxyl groups is 1. The van der Waals surface area contributed by atoms with Gasteiger partial charge in [-0.05, 0) is 0 Å². The molecule has 0 aromatic carbocycles. The number of carboxylic acid groups (broad SMARTS) is 1. The van der Waals surface area contributed by atoms with E-state index in [1.807, 2.05) is 0 Å². The van der Waals surface area contributed by atoms with Gasteiger partial charge in [-0.3, -0.25) is 10.1 Å². The topological polar surface area (TPSA) is 78.8 Å². The van der Waals surface area contributed by atoms with Gasteiger partial charge < -0.3 is 14.9 Å². The maximum absolute atomic E-state index is 10.1. The smallest absolute Gasteiger partial charge is 0.317 e. The quantitative estimate of drug-likeness (QED) is 0.465. The highest BCUT2D eigenvalue weighted by Crippen LogP contribution is 2.03. The number of aliphatic hydroxyl groups excluding tert-OH is 1. The summed E-state index contributed by atoms with van der Waals surface area (Å²) in [6.07, 6.45) is -0.575. The van der Waals surface area contributed by atoms with E-state index in [0.717, 1.165) is 0 Å². The van der Waals surface area contributed by atoms with Crippen LogP contribution in [0.15, 0.2) is 0 Å². The van der Waals surface area contributed by atoms with E-state index in [1.165, 1.54) is 0 Å². The maximum atomic E-state index is 10.1. The van der Waals surface area contributed by atoms with Crippen molar-refractivity contribution in [3.05, 3.63) is 0 Å². The molecule has 0 aromatic rings. The molecule has 0 radical (unpaired) electrons. The van der Waals surface area contributed by atoms with Gasteiger partial charge in [0.05, 0.1) is 31.9 Å². The Bertz CT molecular complexity index is 150. The second kappa shape index (κ2) is 3.66. The van der Waals surface area contributed by atoms with Crippen LogP contribution in [0.2, 0.25) is 0 Å². The monoisotopic (exact) mass is 161 g/mol. The number of hydrogen-bond acceptors (Lipinski definition) is 4. The number of ether oxygens (including phenoxy) is 1. The summed E-state index contributed by atoms with van der Waals surface area (Å²) in [5.74, 6) is -0.927. The highest BCUT2D eigenvalue weighted by atomic mass is 16.5. The Hall–Kier alpha value is -0.650. The zero-order valence-electron chi connectivity index (χ0n) is 5.99. The molecule has 2 atom stereocenters. The molecule has 0 unspecified atom stereocenters. The van der Waals surface area contributed by atoms with Gasteiger partial charge in [-0.1, -0.05) is 0 Å². The molecular weight excluding hydrogens is 150 g/mol. The van der Waals surface area contributed by atoms with E-state index in [9.17, 15) is 4.79 Å². The molecule has 1 rings (SSSR count). The van der Waals surface area contributed by atoms with Crippen LogP contribution in [-0.2, 0) is 9.53 Å². The summed E-state index contributed by atoms with van der Waals surface area (Å²) in [4.78, 5) is 10.1. The molecule has 0 aliphatic carbocycles. The van der Waals surface area contributed by atoms with Crippen LogP contribution in [-0.4, -0.2) is 48.1 Å². The standard InChI is InChI=1S/C6H11NO4/c8-5-3-11-2-4(5)7-1-6(9)10/h4-5,7-8H,1-3H2,(H,9,10)/t4-,5-/m1/s1. The second-order valence-corrected chi connectivity index (χ2v) is 2.49. The van der Waals surface area contributed by atoms with Gasteiger partial charge in [-0.2, -0.15) is 0 Å². The van der Waals surface area contributed by atoms with E-state index in [0.29, 0.717) is 6.61 Å². The number of rotatable bonds is 3. The first-order chi connectivity index (χ1) is 5.20. The number of carboxylic acids is 1. The van der Waals surface area contributed by atoms with Crippen molar-refractivity contribution in [2.75, 3.05) is 19.8 Å². The van der Waals surface area contributed by atoms with Gasteiger partial charge in [0.2, 0.25) is 0 Å². The zero-order valence-corrected chi connectivity index (χ0v) is 5.99. The molecule has 0 amide bonds. The first-order valence-corrected chi connectivity index (χ1v) is 3.41. The summed E-state index contributed by atoms with van der Waals surface area (Å²) in [6, 6.07) is -0.230. The molecular formula is C6H11NO4. The van der Waals surface area contributed by atoms with Gasteiger partial charge >= 0.3 is 5.97 Å². The molecule has 1 aliphatic rings. The lowest BCUT2D eigenvalue weighted by Gasteiger charge is -2.11. The van der Waals surface area contributed by atoms with Crippen molar-refractivity contribution in [1.82, 2.24) is 5.32 Å². The van der Waals surface area contributed by atoms with Crippen molar-refractivity contribution in [2.24, 2.45) is 0 Å². The molecule has 11 heavy (non-hydrogen) atoms. The summed E-state index contributed by atoms with van der Waals surface area (Å²) in [5, 5.41) is 20.1. The number of hydrogen-bond donors (Lipinski definition) is 3. The minimum atomic E-state index is -0.927. The van der Waals surface area contributed by atoms with Crippen LogP contribution < -0.4 is 5.32 Å². The SMILES string of the molecule is O=C(O)CN[C@@H]1COC[C@H]1O. The largest absolute Gasteiger partial charge is 0.480 e. The van der Waals surface area contributed by atoms with Gasteiger partial charge in [-0.15, -0.1) is 0 Å². The van der Waals surface area contributed by atoms with E-state index in [-0.39, 0.29) is 19.2 Å². The summed E-state index contributed by atoms with van der Waals surface area (Å²) in [7, 11) is 0. The minimum absolute atomic E-state index is 0.134. The number of carbonyl (C=O) groups is 1. The van der Waals surface area contributed by atoms with Gasteiger partial charge in [0.25, 0.3) is 0 Å². The summed E-state index contributed by atoms with van der Waals surface area (Å²) in [5.41, 5.74) is 0. The third-order valence-electron chi connectivity index (χ3n) is 1.57. The van der Waals surface area contributed by atoms with Crippen molar-refractivity contribution in [1.29, 1.82) is 0 Å². The Labute approximate surface area is 64.0 Å². The Morgan fingerprint density at radius 1 is 1.64 bits per heavy atom. The van der Waals surface area contributed by atoms with Crippen LogP contribution in [0, 0.1) is 0 Å². The Kier molecular flexibility index (Phi) is 2.81. The molecule has 1 heterocycles. The normalized spacial score (nSPS) is 30.6. The molecule has 0 aromatic heterocycles. The Balaban J connectivity index is 2.20. The average molecular weight is 161 g/mol. The molecule has 0 saturated carbocycles. The lowest BCUT2D eigenvalue weighted by atomic mass is 10.2. The van der Waals surface area contributed by atoms with Crippen molar-refractivity contribution >= 4 is 5.97 Å². The van der Waals surface area contributed by atoms with Crippen molar-refractivity contribution in [2.45, 2.75) is 12.1 Å². The molecule has 1 fully saturated rings. The van der Waals surface area contributed by atoms with Crippen LogP contribution in [0.3, 0.4) is 0 Å². The molecule has 64 valence electrons. The lowest BCUT2D eigenvalue weighted by molar-refractivity contribution is -0.136. The van der Waals surface area contributed by atoms with E-state index >= 15 is 0 Å². The summed E-state index contributed by atoms with van der Waals surface area (Å²) < 4.78 is 4.90. The van der Waals surface area contributed by atoms with E-state index in [2.05, 4.69) is 5.32 Å². The minimum Gasteiger partial charge on any atom is -0.480 e. The maximum Gasteiger partial charge on any atom is 0.317 e. The summed E-state index contributed by atoms with van der Waals surface area (Å²) >= 11 is 0. The predicted octanol–water partition coefficient (Wildman–Crippen LogP) is -1.58. The first kappa shape index (κ1) is 8.45. The molecule has 5 heteroatoms. The van der Waals surface area contributed by atoms with Crippen molar-refractivity contribution in [3.8, 4) is 0 Å². The molecule has 5 nitrogen and oxygen atoms in total. The third kappa shape index (κ3) is 2.45. The fourth-order valence-corrected chi connectivity index (χ4v) is 0.956. The molecule has 3 N–H and O–H groups in total. The number of nitrogens with one attached hydrogen (secondary N) is 1. The van der Waals surface area contributed by atoms with Gasteiger partial charge in [-0.25, -0.2) is 0 Å². The lowest BCUT2D eigenvalue weighted by Crippen LogP contribution is -2.41. The predicted molar refractivity (Wildman–Crippen MR) is 36.3 cm³/mol. The fourth-order valence-electron chi connectivity index (χ4n) is 0.956. The Morgan fingerprint density at radius 2 is 2.36 bits per heavy atom. The van der Waals surface area contributed by atoms with Gasteiger partial charge in [0.15, 0.2) is 0 Å². The molecule has 0 bridgehead atoms. The highest BCUT2D eigenvalue weighted by molar-refractivity contribution is 5.69. The fraction of sp³-hybridized carbons (Fsp3) is 0.833. The van der Waals surface area contributed by atoms with Crippen LogP contribution >= 0.6 is 0 Å². The van der Waals surface area contributed by atoms with Crippen molar-refractivity contribution < 1.29 is 19.7 Å². The van der Waals surface area contributed by atoms with E-state index < -0.39 is 12.1 Å². The van der Waals surface area contributed by atoms with E-state index in [4.69, 9.17) is 14.9 Å². The summed E-state index contributed by atoms with van der Waals surface area (Å²) in [6.45, 7) is 0.539. The average Bonchev–Trinajstić information content (AvgIpc) is 2.31. The Morgan fingerprint density at radius 3 is 2.82 bits per heavy atom. The highest BCUT2D eigenvalue weighted by Gasteiger charge is 2.25. The van der Waals surface area contributed by atoms with Gasteiger partial charge in [0, 0.05) is 0 Å². The third-order valence-corrected chi connectivity index (χ3v) is 1.57. The first-order valence-electron chi connectivity index (χ1n) is 3.41. The molecule has 1 saturated heterocycles. The molecule has 0 spiro atoms. The second-order valence-electron chi connectivity index (χ2n) is 2.49. The van der Waals surface area contributed by atoms with Crippen LogP contribution in [0.5, 0.6) is 0 Å². The van der Waals surface area contributed by atoms with Crippen LogP contribution in [0.25, 0.3) is 0 Å². The zero-order chi connectivity index (χ0) is 8.27. The van der Waals surface area contributed by atoms with Crippen molar-refractivity contribution in [3.63, 3.8) is 0 Å². The van der Waals surface area contributed by atoms with Crippen LogP contribution in [0.4, 0.5) is 0 Å². The van der Waals surface area contributed by atoms with Gasteiger partial charge in [0.1, 0.15) is 0 Å². The van der Waals surface area contributed by atoms with Crippen LogP contribution in [0.1, 0.15) is 0 Å². The van der Waals surface area contributed by atoms with E-state index in [1.54, 1.807) is 0 Å².